The number of hydrogen-bond donors (Lipinski definition) is 4. The molecule has 13 nitrogen and oxygen atoms in total. The smallest absolute Gasteiger partial charge is 0.322 e. The highest BCUT2D eigenvalue weighted by molar-refractivity contribution is 6.00. The van der Waals surface area contributed by atoms with Crippen molar-refractivity contribution in [2.24, 2.45) is 5.92 Å². The van der Waals surface area contributed by atoms with E-state index in [2.05, 4.69) is 21.3 Å². The molecule has 3 aliphatic heterocycles. The molecule has 5 rings (SSSR count). The van der Waals surface area contributed by atoms with Crippen LogP contribution in [0.1, 0.15) is 38.3 Å². The van der Waals surface area contributed by atoms with Gasteiger partial charge >= 0.3 is 6.03 Å². The monoisotopic (exact) mass is 632 g/mol. The number of carbonyl (C=O) groups excluding carboxylic acids is 6. The van der Waals surface area contributed by atoms with Gasteiger partial charge in [-0.1, -0.05) is 56.3 Å². The molecule has 3 heterocycles. The third-order valence-electron chi connectivity index (χ3n) is 8.09. The van der Waals surface area contributed by atoms with Gasteiger partial charge in [0.25, 0.3) is 0 Å². The van der Waals surface area contributed by atoms with Gasteiger partial charge in [-0.2, -0.15) is 0 Å². The van der Waals surface area contributed by atoms with E-state index in [0.717, 1.165) is 16.0 Å². The first-order valence-electron chi connectivity index (χ1n) is 15.2. The van der Waals surface area contributed by atoms with Crippen LogP contribution in [0.3, 0.4) is 0 Å². The summed E-state index contributed by atoms with van der Waals surface area (Å²) in [6.45, 7) is 5.04. The molecule has 46 heavy (non-hydrogen) atoms. The summed E-state index contributed by atoms with van der Waals surface area (Å²) in [5, 5.41) is 10.3. The second-order valence-electron chi connectivity index (χ2n) is 11.7. The minimum atomic E-state index is -1.13. The van der Waals surface area contributed by atoms with Crippen molar-refractivity contribution in [3.05, 3.63) is 71.9 Å². The Morgan fingerprint density at radius 2 is 1.74 bits per heavy atom. The fourth-order valence-corrected chi connectivity index (χ4v) is 5.28. The van der Waals surface area contributed by atoms with Crippen molar-refractivity contribution in [2.45, 2.75) is 63.9 Å². The van der Waals surface area contributed by atoms with Crippen LogP contribution in [0.4, 0.5) is 4.79 Å². The van der Waals surface area contributed by atoms with Crippen molar-refractivity contribution >= 4 is 42.1 Å². The molecule has 0 saturated carbocycles. The number of nitrogens with zero attached hydrogens (tertiary/aromatic N) is 2. The van der Waals surface area contributed by atoms with Crippen LogP contribution in [0.25, 0.3) is 6.08 Å². The Morgan fingerprint density at radius 1 is 1.04 bits per heavy atom. The van der Waals surface area contributed by atoms with Crippen molar-refractivity contribution in [1.29, 1.82) is 0 Å². The summed E-state index contributed by atoms with van der Waals surface area (Å²) in [5.74, 6) is -2.23. The van der Waals surface area contributed by atoms with Gasteiger partial charge < -0.3 is 30.5 Å². The number of likely N-dealkylation sites (tertiary alicyclic amines) is 1. The van der Waals surface area contributed by atoms with E-state index in [4.69, 9.17) is 4.74 Å². The van der Waals surface area contributed by atoms with Gasteiger partial charge in [-0.25, -0.2) is 4.79 Å². The maximum Gasteiger partial charge on any atom is 0.322 e. The fraction of sp³-hybridized carbons (Fsp3) is 0.394. The van der Waals surface area contributed by atoms with E-state index >= 15 is 0 Å². The van der Waals surface area contributed by atoms with Crippen molar-refractivity contribution in [3.8, 4) is 5.75 Å². The lowest BCUT2D eigenvalue weighted by Gasteiger charge is -2.33. The number of benzene rings is 2. The first kappa shape index (κ1) is 33.7. The van der Waals surface area contributed by atoms with Crippen molar-refractivity contribution < 1.29 is 33.5 Å². The van der Waals surface area contributed by atoms with E-state index in [9.17, 15) is 28.8 Å². The lowest BCUT2D eigenvalue weighted by atomic mass is 10.0. The van der Waals surface area contributed by atoms with Gasteiger partial charge in [0.2, 0.25) is 30.0 Å². The third-order valence-corrected chi connectivity index (χ3v) is 8.09. The van der Waals surface area contributed by atoms with E-state index in [-0.39, 0.29) is 13.0 Å². The van der Waals surface area contributed by atoms with Crippen molar-refractivity contribution in [3.63, 3.8) is 0 Å². The minimum Gasteiger partial charge on any atom is -0.488 e. The molecule has 244 valence electrons. The molecule has 3 aliphatic rings. The topological polar surface area (TPSA) is 166 Å². The number of rotatable bonds is 8. The average Bonchev–Trinajstić information content (AvgIpc) is 3.46. The zero-order chi connectivity index (χ0) is 33.4. The number of urea groups is 1. The predicted molar refractivity (Wildman–Crippen MR) is 169 cm³/mol. The van der Waals surface area contributed by atoms with Crippen LogP contribution in [-0.4, -0.2) is 89.7 Å². The highest BCUT2D eigenvalue weighted by Gasteiger charge is 2.46. The van der Waals surface area contributed by atoms with E-state index in [0.29, 0.717) is 18.6 Å². The number of ether oxygens (including phenoxy) is 1. The first-order chi connectivity index (χ1) is 22.0. The molecule has 0 radical (unpaired) electrons. The highest BCUT2D eigenvalue weighted by Crippen LogP contribution is 2.27. The number of amides is 7. The summed E-state index contributed by atoms with van der Waals surface area (Å²) in [6, 6.07) is 11.3. The Labute approximate surface area is 267 Å². The number of imide groups is 1. The summed E-state index contributed by atoms with van der Waals surface area (Å²) >= 11 is 0. The summed E-state index contributed by atoms with van der Waals surface area (Å²) in [7, 11) is 1.40. The number of likely N-dealkylation sites (N-methyl/N-ethyl adjacent to an activating group) is 1. The lowest BCUT2D eigenvalue weighted by Crippen LogP contribution is -2.61. The molecular weight excluding hydrogens is 592 g/mol. The van der Waals surface area contributed by atoms with Crippen molar-refractivity contribution in [2.75, 3.05) is 13.6 Å². The van der Waals surface area contributed by atoms with Gasteiger partial charge in [0, 0.05) is 32.6 Å². The summed E-state index contributed by atoms with van der Waals surface area (Å²) in [4.78, 5) is 80.2. The maximum absolute atomic E-state index is 14.1. The van der Waals surface area contributed by atoms with Crippen LogP contribution in [-0.2, 0) is 30.4 Å². The molecule has 2 aromatic rings. The second-order valence-corrected chi connectivity index (χ2v) is 11.7. The number of hydrogen-bond acceptors (Lipinski definition) is 7. The molecular formula is C33H40N6O7. The number of fused-ring (bicyclic) bond motifs is 7. The van der Waals surface area contributed by atoms with E-state index in [1.54, 1.807) is 32.1 Å². The Hall–Kier alpha value is -5.20. The zero-order valence-electron chi connectivity index (χ0n) is 26.3. The Morgan fingerprint density at radius 3 is 2.39 bits per heavy atom. The molecule has 1 unspecified atom stereocenters. The third kappa shape index (κ3) is 8.29. The molecule has 1 saturated heterocycles. The summed E-state index contributed by atoms with van der Waals surface area (Å²) < 4.78 is 6.24. The highest BCUT2D eigenvalue weighted by atomic mass is 16.5. The van der Waals surface area contributed by atoms with Crippen LogP contribution < -0.4 is 26.0 Å². The van der Waals surface area contributed by atoms with Gasteiger partial charge in [-0.15, -0.1) is 0 Å². The van der Waals surface area contributed by atoms with Gasteiger partial charge in [0.15, 0.2) is 0 Å². The molecule has 1 fully saturated rings. The molecule has 2 bridgehead atoms. The van der Waals surface area contributed by atoms with Gasteiger partial charge in [0.1, 0.15) is 36.0 Å². The number of carbonyl (C=O) groups is 6. The second kappa shape index (κ2) is 15.2. The van der Waals surface area contributed by atoms with E-state index < -0.39 is 65.8 Å². The normalized spacial score (nSPS) is 21.4. The zero-order valence-corrected chi connectivity index (χ0v) is 26.3. The fourth-order valence-electron chi connectivity index (χ4n) is 5.28. The Kier molecular flexibility index (Phi) is 11.1. The first-order valence-corrected chi connectivity index (χ1v) is 15.2. The number of nitrogens with one attached hydrogen (secondary N) is 4. The van der Waals surface area contributed by atoms with Gasteiger partial charge in [0.05, 0.1) is 0 Å². The van der Waals surface area contributed by atoms with Crippen LogP contribution in [0.2, 0.25) is 0 Å². The quantitative estimate of drug-likeness (QED) is 0.317. The van der Waals surface area contributed by atoms with Crippen molar-refractivity contribution in [1.82, 2.24) is 31.1 Å². The standard InChI is InChI=1S/C33H40N6O7/c1-20(2)27(36-33(45)37-29(41)21(3)38(4)19-40)32(44)39-17-15-26-28(39)31(43)35-25(18-23-8-6-5-7-9-23)30(42)34-16-14-22-10-12-24(46-26)13-11-22/h5-14,16,19-21,25-28H,15,17-18H2,1-4H3,(H,34,42)(H,35,43)(H2,36,37,41,45)/b16-14-/t21?,25-,26-,27-,28-/m0/s1. The van der Waals surface area contributed by atoms with Crippen LogP contribution in [0.15, 0.2) is 60.8 Å². The molecule has 7 amide bonds. The maximum atomic E-state index is 14.1. The van der Waals surface area contributed by atoms with E-state index in [1.807, 2.05) is 42.5 Å². The molecule has 0 aromatic heterocycles. The largest absolute Gasteiger partial charge is 0.488 e. The molecule has 0 aliphatic carbocycles. The van der Waals surface area contributed by atoms with Gasteiger partial charge in [-0.3, -0.25) is 29.3 Å². The van der Waals surface area contributed by atoms with Crippen LogP contribution in [0.5, 0.6) is 5.75 Å². The minimum absolute atomic E-state index is 0.142. The Balaban J connectivity index is 1.61. The Bertz CT molecular complexity index is 1460. The average molecular weight is 633 g/mol. The predicted octanol–water partition coefficient (Wildman–Crippen LogP) is 1.19. The van der Waals surface area contributed by atoms with Crippen LogP contribution >= 0.6 is 0 Å². The summed E-state index contributed by atoms with van der Waals surface area (Å²) in [6.07, 6.45) is 3.47. The molecule has 5 atom stereocenters. The molecule has 0 spiro atoms. The molecule has 4 N–H and O–H groups in total. The molecule has 13 heteroatoms. The van der Waals surface area contributed by atoms with Gasteiger partial charge in [-0.05, 0) is 42.2 Å². The van der Waals surface area contributed by atoms with E-state index in [1.165, 1.54) is 25.1 Å². The summed E-state index contributed by atoms with van der Waals surface area (Å²) in [5.41, 5.74) is 1.65. The molecule has 2 aromatic carbocycles. The lowest BCUT2D eigenvalue weighted by molar-refractivity contribution is -0.143. The van der Waals surface area contributed by atoms with Crippen LogP contribution in [0, 0.1) is 5.92 Å². The SMILES string of the molecule is CC(C)[C@H](NC(=O)NC(=O)C(C)N(C)C=O)C(=O)N1CC[C@@H]2Oc3ccc(cc3)/C=C\NC(=O)[C@H](Cc3ccccc3)NC(=O)[C@H]21.